The summed E-state index contributed by atoms with van der Waals surface area (Å²) in [5.41, 5.74) is 10.7. The summed E-state index contributed by atoms with van der Waals surface area (Å²) in [5, 5.41) is 12.2. The largest absolute Gasteiger partial charge is 0.484 e. The molecule has 4 aliphatic heterocycles. The SMILES string of the molecule is C[C@H](Oc1cc(-c2nn(C)c3c(-c4cnn(C5CCN(C(=O)C6CC7(C6)CN(c6cccc8c6C(=O)N(C6CCC(=O)NC6=O)C8=O)C7)CC5)c4)cnc(N)c23)ccc1NS(=O)(=O)C(F)F)c1ccc(F)cc1. The van der Waals surface area contributed by atoms with Crippen molar-refractivity contribution in [2.45, 2.75) is 69.4 Å². The minimum absolute atomic E-state index is 0.00916. The van der Waals surface area contributed by atoms with Crippen molar-refractivity contribution in [2.75, 3.05) is 41.5 Å². The predicted molar refractivity (Wildman–Crippen MR) is 259 cm³/mol. The molecule has 0 radical (unpaired) electrons. The number of nitrogen functional groups attached to an aromatic ring is 1. The molecule has 5 aliphatic rings. The third-order valence-electron chi connectivity index (χ3n) is 14.9. The number of nitrogens with one attached hydrogen (secondary N) is 2. The van der Waals surface area contributed by atoms with Gasteiger partial charge in [-0.2, -0.15) is 19.0 Å². The van der Waals surface area contributed by atoms with E-state index in [9.17, 15) is 45.6 Å². The number of benzene rings is 3. The van der Waals surface area contributed by atoms with Crippen LogP contribution in [-0.2, 0) is 31.5 Å². The maximum atomic E-state index is 13.8. The van der Waals surface area contributed by atoms with Crippen LogP contribution in [0.25, 0.3) is 33.3 Å². The standard InChI is InChI=1S/C50H48F3N11O8S/c1-26(27-6-9-31(51)10-7-27)72-38-18-28(8-11-35(38)59-73(70,71)49(52)53)42-41-43(60(2)58-42)34(22-55-44(41)54)30-21-56-63(23-30)32-14-16-61(17-15-32)46(67)29-19-50(20-29)24-62(25-50)36-5-3-4-33-40(36)48(69)64(47(33)68)37-12-13-39(65)57-45(37)66/h3-11,18,21-23,26,29,32,37,49,59H,12-17,19-20,24-25H2,1-2H3,(H2,54,55)(H,57,65,66)/t26-,37?/m0/s1. The highest BCUT2D eigenvalue weighted by Crippen LogP contribution is 2.54. The summed E-state index contributed by atoms with van der Waals surface area (Å²) >= 11 is 0. The number of hydrogen-bond donors (Lipinski definition) is 3. The van der Waals surface area contributed by atoms with E-state index < -0.39 is 57.4 Å². The number of aryl methyl sites for hydroxylation is 1. The molecule has 4 fully saturated rings. The van der Waals surface area contributed by atoms with Crippen molar-refractivity contribution in [3.63, 3.8) is 0 Å². The second kappa shape index (κ2) is 17.7. The third kappa shape index (κ3) is 8.27. The van der Waals surface area contributed by atoms with Gasteiger partial charge in [0.25, 0.3) is 21.8 Å². The molecule has 1 spiro atoms. The number of carbonyl (C=O) groups is 5. The number of likely N-dealkylation sites (tertiary alicyclic amines) is 1. The summed E-state index contributed by atoms with van der Waals surface area (Å²) in [6.07, 6.45) is 7.43. The minimum atomic E-state index is -5.08. The predicted octanol–water partition coefficient (Wildman–Crippen LogP) is 5.81. The van der Waals surface area contributed by atoms with E-state index >= 15 is 0 Å². The van der Waals surface area contributed by atoms with Crippen molar-refractivity contribution in [3.05, 3.63) is 102 Å². The summed E-state index contributed by atoms with van der Waals surface area (Å²) in [6.45, 7) is 4.02. The van der Waals surface area contributed by atoms with Gasteiger partial charge in [0.15, 0.2) is 0 Å². The van der Waals surface area contributed by atoms with Crippen LogP contribution >= 0.6 is 0 Å². The van der Waals surface area contributed by atoms with Crippen molar-refractivity contribution >= 4 is 67.7 Å². The van der Waals surface area contributed by atoms with Crippen LogP contribution in [0, 0.1) is 17.2 Å². The number of anilines is 3. The van der Waals surface area contributed by atoms with E-state index in [4.69, 9.17) is 20.7 Å². The van der Waals surface area contributed by atoms with Crippen molar-refractivity contribution < 1.29 is 50.3 Å². The van der Waals surface area contributed by atoms with E-state index in [0.29, 0.717) is 90.8 Å². The Morgan fingerprint density at radius 2 is 1.68 bits per heavy atom. The molecule has 3 aromatic heterocycles. The van der Waals surface area contributed by atoms with Gasteiger partial charge < -0.3 is 20.3 Å². The van der Waals surface area contributed by atoms with Crippen LogP contribution in [0.5, 0.6) is 5.75 Å². The lowest BCUT2D eigenvalue weighted by Crippen LogP contribution is -2.64. The van der Waals surface area contributed by atoms with Crippen molar-refractivity contribution in [2.24, 2.45) is 18.4 Å². The summed E-state index contributed by atoms with van der Waals surface area (Å²) < 4.78 is 76.8. The third-order valence-corrected chi connectivity index (χ3v) is 15.9. The summed E-state index contributed by atoms with van der Waals surface area (Å²) in [7, 11) is -3.35. The first kappa shape index (κ1) is 47.5. The number of amides is 5. The first-order valence-corrected chi connectivity index (χ1v) is 25.3. The second-order valence-electron chi connectivity index (χ2n) is 19.6. The lowest BCUT2D eigenvalue weighted by atomic mass is 9.57. The van der Waals surface area contributed by atoms with Gasteiger partial charge in [0.2, 0.25) is 17.7 Å². The number of alkyl halides is 2. The van der Waals surface area contributed by atoms with Gasteiger partial charge in [-0.3, -0.25) is 48.3 Å². The monoisotopic (exact) mass is 1020 g/mol. The molecule has 7 heterocycles. The highest BCUT2D eigenvalue weighted by molar-refractivity contribution is 7.93. The molecule has 5 amide bonds. The Labute approximate surface area is 415 Å². The average molecular weight is 1020 g/mol. The number of carbonyl (C=O) groups excluding carboxylic acids is 5. The number of nitrogens with zero attached hydrogens (tertiary/aromatic N) is 8. The second-order valence-corrected chi connectivity index (χ2v) is 21.2. The van der Waals surface area contributed by atoms with Crippen molar-refractivity contribution in [3.8, 4) is 28.1 Å². The number of aromatic nitrogens is 5. The highest BCUT2D eigenvalue weighted by Gasteiger charge is 2.56. The number of sulfonamides is 1. The number of pyridine rings is 1. The fourth-order valence-corrected chi connectivity index (χ4v) is 11.8. The molecule has 6 aromatic rings. The molecule has 3 aromatic carbocycles. The van der Waals surface area contributed by atoms with Crippen LogP contribution < -0.4 is 25.4 Å². The Kier molecular flexibility index (Phi) is 11.5. The lowest BCUT2D eigenvalue weighted by Gasteiger charge is -2.60. The van der Waals surface area contributed by atoms with E-state index in [-0.39, 0.29) is 64.5 Å². The van der Waals surface area contributed by atoms with Crippen LogP contribution in [-0.4, -0.2) is 110 Å². The van der Waals surface area contributed by atoms with Gasteiger partial charge in [-0.1, -0.05) is 24.3 Å². The summed E-state index contributed by atoms with van der Waals surface area (Å²) in [4.78, 5) is 74.7. The number of nitrogens with two attached hydrogens (primary N) is 1. The van der Waals surface area contributed by atoms with E-state index in [1.165, 1.54) is 42.5 Å². The van der Waals surface area contributed by atoms with Gasteiger partial charge in [0, 0.05) is 80.1 Å². The Bertz CT molecular complexity index is 3400. The van der Waals surface area contributed by atoms with Crippen molar-refractivity contribution in [1.29, 1.82) is 0 Å². The fraction of sp³-hybridized carbons (Fsp3) is 0.360. The molecule has 1 saturated carbocycles. The van der Waals surface area contributed by atoms with Gasteiger partial charge in [-0.05, 0) is 81.0 Å². The number of ether oxygens (including phenoxy) is 1. The molecule has 11 rings (SSSR count). The molecular formula is C50H48F3N11O8S. The number of fused-ring (bicyclic) bond motifs is 2. The van der Waals surface area contributed by atoms with Crippen molar-refractivity contribution in [1.82, 2.24) is 39.7 Å². The lowest BCUT2D eigenvalue weighted by molar-refractivity contribution is -0.146. The molecule has 1 unspecified atom stereocenters. The Morgan fingerprint density at radius 1 is 0.945 bits per heavy atom. The number of piperidine rings is 2. The van der Waals surface area contributed by atoms with Gasteiger partial charge >= 0.3 is 5.76 Å². The zero-order valence-corrected chi connectivity index (χ0v) is 40.2. The average Bonchev–Trinajstić information content (AvgIpc) is 4.04. The topological polar surface area (TPSA) is 237 Å². The first-order valence-electron chi connectivity index (χ1n) is 23.8. The maximum Gasteiger partial charge on any atom is 0.355 e. The number of hydrogen-bond acceptors (Lipinski definition) is 13. The first-order chi connectivity index (χ1) is 34.9. The van der Waals surface area contributed by atoms with Crippen LogP contribution in [0.2, 0.25) is 0 Å². The number of rotatable bonds is 12. The van der Waals surface area contributed by atoms with Gasteiger partial charge in [-0.15, -0.1) is 0 Å². The molecule has 378 valence electrons. The molecular weight excluding hydrogens is 972 g/mol. The van der Waals surface area contributed by atoms with Gasteiger partial charge in [0.1, 0.15) is 35.2 Å². The molecule has 3 saturated heterocycles. The normalized spacial score (nSPS) is 19.6. The Hall–Kier alpha value is -7.82. The smallest absolute Gasteiger partial charge is 0.355 e. The summed E-state index contributed by atoms with van der Waals surface area (Å²) in [6, 6.07) is 13.8. The minimum Gasteiger partial charge on any atom is -0.484 e. The van der Waals surface area contributed by atoms with Gasteiger partial charge in [-0.25, -0.2) is 17.8 Å². The number of halogens is 3. The maximum absolute atomic E-state index is 13.8. The molecule has 2 atom stereocenters. The van der Waals surface area contributed by atoms with E-state index in [2.05, 4.69) is 15.2 Å². The van der Waals surface area contributed by atoms with Crippen LogP contribution in [0.4, 0.5) is 30.4 Å². The molecule has 1 aliphatic carbocycles. The van der Waals surface area contributed by atoms with Crippen LogP contribution in [0.3, 0.4) is 0 Å². The van der Waals surface area contributed by atoms with Crippen LogP contribution in [0.1, 0.15) is 83.9 Å². The Balaban J connectivity index is 0.742. The molecule has 19 nitrogen and oxygen atoms in total. The number of imide groups is 2. The molecule has 73 heavy (non-hydrogen) atoms. The van der Waals surface area contributed by atoms with E-state index in [0.717, 1.165) is 10.5 Å². The van der Waals surface area contributed by atoms with E-state index in [1.54, 1.807) is 49.2 Å². The van der Waals surface area contributed by atoms with E-state index in [1.807, 2.05) is 20.5 Å². The Morgan fingerprint density at radius 3 is 2.40 bits per heavy atom. The van der Waals surface area contributed by atoms with Gasteiger partial charge in [0.05, 0.1) is 45.6 Å². The molecule has 4 N–H and O–H groups in total. The fourth-order valence-electron chi connectivity index (χ4n) is 11.2. The zero-order valence-electron chi connectivity index (χ0n) is 39.4. The van der Waals surface area contributed by atoms with Crippen LogP contribution in [0.15, 0.2) is 79.3 Å². The molecule has 23 heteroatoms. The summed E-state index contributed by atoms with van der Waals surface area (Å²) in [5.74, 6) is -6.30. The molecule has 0 bridgehead atoms. The quantitative estimate of drug-likeness (QED) is 0.123. The highest BCUT2D eigenvalue weighted by atomic mass is 32.2. The zero-order chi connectivity index (χ0) is 51.2.